The molecule has 0 aliphatic carbocycles. The molecule has 0 aromatic heterocycles. The molecule has 0 aliphatic rings. The number of halogens is 1. The molecule has 1 atom stereocenters. The summed E-state index contributed by atoms with van der Waals surface area (Å²) in [5.74, 6) is -0.949. The summed E-state index contributed by atoms with van der Waals surface area (Å²) in [4.78, 5) is 10.9. The second-order valence-corrected chi connectivity index (χ2v) is 6.43. The van der Waals surface area contributed by atoms with E-state index in [2.05, 4.69) is 42.0 Å². The number of aromatic carboxylic acids is 1. The fraction of sp³-hybridized carbons (Fsp3) is 0.500. The van der Waals surface area contributed by atoms with Gasteiger partial charge in [-0.05, 0) is 46.0 Å². The van der Waals surface area contributed by atoms with Gasteiger partial charge in [0.05, 0.1) is 5.56 Å². The van der Waals surface area contributed by atoms with Crippen molar-refractivity contribution in [1.82, 2.24) is 0 Å². The van der Waals surface area contributed by atoms with Crippen molar-refractivity contribution in [3.05, 3.63) is 28.2 Å². The lowest BCUT2D eigenvalue weighted by Gasteiger charge is -2.32. The van der Waals surface area contributed by atoms with E-state index in [-0.39, 0.29) is 23.6 Å². The van der Waals surface area contributed by atoms with E-state index in [4.69, 9.17) is 10.2 Å². The molecule has 0 spiro atoms. The van der Waals surface area contributed by atoms with Crippen LogP contribution >= 0.6 is 15.9 Å². The first-order valence-corrected chi connectivity index (χ1v) is 6.95. The summed E-state index contributed by atoms with van der Waals surface area (Å²) >= 11 is 3.37. The fourth-order valence-corrected chi connectivity index (χ4v) is 2.30. The molecule has 0 radical (unpaired) electrons. The second kappa shape index (κ2) is 6.39. The van der Waals surface area contributed by atoms with Gasteiger partial charge in [-0.15, -0.1) is 0 Å². The van der Waals surface area contributed by atoms with E-state index in [1.54, 1.807) is 18.2 Å². The third kappa shape index (κ3) is 4.51. The lowest BCUT2D eigenvalue weighted by Crippen LogP contribution is -2.35. The highest BCUT2D eigenvalue weighted by molar-refractivity contribution is 9.10. The van der Waals surface area contributed by atoms with E-state index in [1.807, 2.05) is 0 Å². The lowest BCUT2D eigenvalue weighted by atomic mass is 9.85. The second-order valence-electron chi connectivity index (χ2n) is 5.58. The zero-order valence-corrected chi connectivity index (χ0v) is 13.0. The van der Waals surface area contributed by atoms with Crippen molar-refractivity contribution >= 4 is 27.6 Å². The van der Waals surface area contributed by atoms with Crippen molar-refractivity contribution < 1.29 is 15.0 Å². The topological polar surface area (TPSA) is 69.6 Å². The van der Waals surface area contributed by atoms with Gasteiger partial charge in [-0.2, -0.15) is 0 Å². The lowest BCUT2D eigenvalue weighted by molar-refractivity contribution is 0.0697. The molecule has 1 aromatic carbocycles. The summed E-state index contributed by atoms with van der Waals surface area (Å²) < 4.78 is 0.708. The Morgan fingerprint density at radius 1 is 1.42 bits per heavy atom. The number of hydrogen-bond donors (Lipinski definition) is 3. The maximum Gasteiger partial charge on any atom is 0.335 e. The van der Waals surface area contributed by atoms with Crippen molar-refractivity contribution in [3.8, 4) is 0 Å². The first kappa shape index (κ1) is 16.0. The van der Waals surface area contributed by atoms with Gasteiger partial charge in [0, 0.05) is 22.8 Å². The van der Waals surface area contributed by atoms with Crippen LogP contribution in [-0.4, -0.2) is 28.8 Å². The molecule has 0 bridgehead atoms. The van der Waals surface area contributed by atoms with Crippen molar-refractivity contribution in [3.63, 3.8) is 0 Å². The van der Waals surface area contributed by atoms with Crippen molar-refractivity contribution in [1.29, 1.82) is 0 Å². The Morgan fingerprint density at radius 2 is 2.05 bits per heavy atom. The van der Waals surface area contributed by atoms with Gasteiger partial charge >= 0.3 is 5.97 Å². The van der Waals surface area contributed by atoms with Crippen LogP contribution in [0.4, 0.5) is 5.69 Å². The molecule has 4 nitrogen and oxygen atoms in total. The predicted molar refractivity (Wildman–Crippen MR) is 79.7 cm³/mol. The van der Waals surface area contributed by atoms with Crippen LogP contribution in [0, 0.1) is 5.41 Å². The summed E-state index contributed by atoms with van der Waals surface area (Å²) in [5.41, 5.74) is 1.07. The van der Waals surface area contributed by atoms with Gasteiger partial charge in [-0.25, -0.2) is 4.79 Å². The Morgan fingerprint density at radius 3 is 2.47 bits per heavy atom. The highest BCUT2D eigenvalue weighted by Crippen LogP contribution is 2.30. The summed E-state index contributed by atoms with van der Waals surface area (Å²) in [6, 6.07) is 4.98. The molecule has 3 N–H and O–H groups in total. The van der Waals surface area contributed by atoms with Crippen LogP contribution in [0.25, 0.3) is 0 Å². The van der Waals surface area contributed by atoms with E-state index in [1.165, 1.54) is 0 Å². The van der Waals surface area contributed by atoms with E-state index >= 15 is 0 Å². The number of hydrogen-bond acceptors (Lipinski definition) is 3. The molecule has 0 saturated carbocycles. The van der Waals surface area contributed by atoms with Crippen molar-refractivity contribution in [2.24, 2.45) is 5.41 Å². The molecular weight excluding hydrogens is 310 g/mol. The first-order chi connectivity index (χ1) is 8.75. The van der Waals surface area contributed by atoms with Gasteiger partial charge in [0.2, 0.25) is 0 Å². The maximum absolute atomic E-state index is 10.9. The first-order valence-electron chi connectivity index (χ1n) is 6.16. The zero-order valence-electron chi connectivity index (χ0n) is 11.4. The number of benzene rings is 1. The average molecular weight is 330 g/mol. The number of carbonyl (C=O) groups is 1. The van der Waals surface area contributed by atoms with E-state index in [0.717, 1.165) is 5.69 Å². The molecule has 0 heterocycles. The standard InChI is InChI=1S/C14H20BrNO3/c1-14(2,3)12(6-7-17)16-11-5-4-9(13(18)19)8-10(11)15/h4-5,8,12,16-17H,6-7H2,1-3H3,(H,18,19). The molecule has 0 saturated heterocycles. The molecule has 0 amide bonds. The van der Waals surface area contributed by atoms with Gasteiger partial charge in [0.25, 0.3) is 0 Å². The van der Waals surface area contributed by atoms with Gasteiger partial charge in [0.15, 0.2) is 0 Å². The summed E-state index contributed by atoms with van der Waals surface area (Å²) in [5, 5.41) is 21.4. The van der Waals surface area contributed by atoms with Crippen molar-refractivity contribution in [2.75, 3.05) is 11.9 Å². The smallest absolute Gasteiger partial charge is 0.335 e. The zero-order chi connectivity index (χ0) is 14.6. The predicted octanol–water partition coefficient (Wildman–Crippen LogP) is 3.36. The minimum Gasteiger partial charge on any atom is -0.478 e. The highest BCUT2D eigenvalue weighted by atomic mass is 79.9. The molecule has 106 valence electrons. The molecule has 5 heteroatoms. The minimum atomic E-state index is -0.949. The Hall–Kier alpha value is -1.07. The highest BCUT2D eigenvalue weighted by Gasteiger charge is 2.24. The summed E-state index contributed by atoms with van der Waals surface area (Å²) in [6.07, 6.45) is 0.636. The number of aliphatic hydroxyl groups excluding tert-OH is 1. The molecule has 1 aromatic rings. The number of carboxylic acids is 1. The largest absolute Gasteiger partial charge is 0.478 e. The summed E-state index contributed by atoms with van der Waals surface area (Å²) in [7, 11) is 0. The third-order valence-corrected chi connectivity index (χ3v) is 3.67. The summed E-state index contributed by atoms with van der Waals surface area (Å²) in [6.45, 7) is 6.40. The van der Waals surface area contributed by atoms with Gasteiger partial charge in [-0.3, -0.25) is 0 Å². The fourth-order valence-electron chi connectivity index (χ4n) is 1.80. The minimum absolute atomic E-state index is 0.00631. The van der Waals surface area contributed by atoms with E-state index in [0.29, 0.717) is 10.9 Å². The van der Waals surface area contributed by atoms with Gasteiger partial charge in [-0.1, -0.05) is 20.8 Å². The Bertz CT molecular complexity index is 454. The SMILES string of the molecule is CC(C)(C)C(CCO)Nc1ccc(C(=O)O)cc1Br. The Balaban J connectivity index is 2.94. The van der Waals surface area contributed by atoms with Crippen LogP contribution in [0.5, 0.6) is 0 Å². The number of aliphatic hydroxyl groups is 1. The van der Waals surface area contributed by atoms with Crippen LogP contribution in [0.1, 0.15) is 37.6 Å². The Kier molecular flexibility index (Phi) is 5.38. The average Bonchev–Trinajstić information content (AvgIpc) is 2.29. The Labute approximate surface area is 122 Å². The molecule has 1 unspecified atom stereocenters. The van der Waals surface area contributed by atoms with Crippen LogP contribution in [0.15, 0.2) is 22.7 Å². The van der Waals surface area contributed by atoms with Gasteiger partial charge < -0.3 is 15.5 Å². The molecule has 0 aliphatic heterocycles. The van der Waals surface area contributed by atoms with Crippen LogP contribution < -0.4 is 5.32 Å². The number of carboxylic acid groups (broad SMARTS) is 1. The third-order valence-electron chi connectivity index (χ3n) is 3.01. The molecular formula is C14H20BrNO3. The van der Waals surface area contributed by atoms with Gasteiger partial charge in [0.1, 0.15) is 0 Å². The van der Waals surface area contributed by atoms with Crippen LogP contribution in [-0.2, 0) is 0 Å². The molecule has 1 rings (SSSR count). The normalized spacial score (nSPS) is 13.1. The molecule has 19 heavy (non-hydrogen) atoms. The number of anilines is 1. The number of rotatable bonds is 5. The van der Waals surface area contributed by atoms with Crippen LogP contribution in [0.3, 0.4) is 0 Å². The quantitative estimate of drug-likeness (QED) is 0.774. The van der Waals surface area contributed by atoms with E-state index in [9.17, 15) is 4.79 Å². The maximum atomic E-state index is 10.9. The van der Waals surface area contributed by atoms with Crippen LogP contribution in [0.2, 0.25) is 0 Å². The number of nitrogens with one attached hydrogen (secondary N) is 1. The van der Waals surface area contributed by atoms with Crippen molar-refractivity contribution in [2.45, 2.75) is 33.2 Å². The van der Waals surface area contributed by atoms with E-state index < -0.39 is 5.97 Å². The molecule has 0 fully saturated rings. The monoisotopic (exact) mass is 329 g/mol.